The Morgan fingerprint density at radius 2 is 1.89 bits per heavy atom. The van der Waals surface area contributed by atoms with Crippen molar-refractivity contribution in [2.75, 3.05) is 0 Å². The summed E-state index contributed by atoms with van der Waals surface area (Å²) < 4.78 is 31.6. The van der Waals surface area contributed by atoms with Crippen LogP contribution in [0.2, 0.25) is 5.02 Å². The molecule has 0 heterocycles. The van der Waals surface area contributed by atoms with Crippen molar-refractivity contribution in [2.24, 2.45) is 0 Å². The van der Waals surface area contributed by atoms with E-state index in [1.807, 2.05) is 0 Å². The van der Waals surface area contributed by atoms with Gasteiger partial charge in [0.25, 0.3) is 0 Å². The van der Waals surface area contributed by atoms with Crippen LogP contribution in [0.1, 0.15) is 10.4 Å². The monoisotopic (exact) mass is 268 g/mol. The Balaban J connectivity index is 2.42. The molecule has 0 aliphatic heterocycles. The molecule has 0 aliphatic carbocycles. The van der Waals surface area contributed by atoms with Gasteiger partial charge in [-0.05, 0) is 24.3 Å². The Kier molecular flexibility index (Phi) is 3.58. The van der Waals surface area contributed by atoms with E-state index in [-0.39, 0.29) is 17.1 Å². The molecule has 0 atom stereocenters. The first-order chi connectivity index (χ1) is 8.61. The predicted molar refractivity (Wildman–Crippen MR) is 63.3 cm³/mol. The molecule has 2 rings (SSSR count). The highest BCUT2D eigenvalue weighted by molar-refractivity contribution is 6.30. The second-order valence-electron chi connectivity index (χ2n) is 3.45. The molecular weight excluding hydrogens is 262 g/mol. The lowest BCUT2D eigenvalue weighted by atomic mass is 10.2. The molecule has 92 valence electrons. The molecular formula is C13H7ClF2O2. The van der Waals surface area contributed by atoms with E-state index in [1.165, 1.54) is 30.3 Å². The third-order valence-corrected chi connectivity index (χ3v) is 2.47. The van der Waals surface area contributed by atoms with Gasteiger partial charge in [0, 0.05) is 11.1 Å². The summed E-state index contributed by atoms with van der Waals surface area (Å²) in [5.41, 5.74) is 0.197. The summed E-state index contributed by atoms with van der Waals surface area (Å²) in [6, 6.07) is 7.82. The largest absolute Gasteiger partial charge is 0.453 e. The molecule has 2 aromatic carbocycles. The zero-order valence-corrected chi connectivity index (χ0v) is 9.75. The number of carbonyl (C=O) groups is 1. The van der Waals surface area contributed by atoms with Crippen molar-refractivity contribution >= 4 is 17.9 Å². The fraction of sp³-hybridized carbons (Fsp3) is 0. The lowest BCUT2D eigenvalue weighted by molar-refractivity contribution is 0.112. The Hall–Kier alpha value is -1.94. The zero-order valence-electron chi connectivity index (χ0n) is 8.99. The summed E-state index contributed by atoms with van der Waals surface area (Å²) in [5.74, 6) is -2.38. The molecule has 0 amide bonds. The van der Waals surface area contributed by atoms with E-state index in [2.05, 4.69) is 0 Å². The standard InChI is InChI=1S/C13H7ClF2O2/c14-9-5-4-8(7-17)12(6-9)18-11-3-1-2-10(15)13(11)16/h1-7H. The first-order valence-electron chi connectivity index (χ1n) is 4.98. The van der Waals surface area contributed by atoms with E-state index in [1.54, 1.807) is 0 Å². The van der Waals surface area contributed by atoms with Crippen LogP contribution >= 0.6 is 11.6 Å². The van der Waals surface area contributed by atoms with Gasteiger partial charge in [-0.1, -0.05) is 17.7 Å². The SMILES string of the molecule is O=Cc1ccc(Cl)cc1Oc1cccc(F)c1F. The zero-order chi connectivity index (χ0) is 13.1. The maximum atomic E-state index is 13.4. The van der Waals surface area contributed by atoms with Gasteiger partial charge in [0.1, 0.15) is 5.75 Å². The summed E-state index contributed by atoms with van der Waals surface area (Å²) >= 11 is 5.75. The predicted octanol–water partition coefficient (Wildman–Crippen LogP) is 4.22. The van der Waals surface area contributed by atoms with Crippen LogP contribution in [0.25, 0.3) is 0 Å². The lowest BCUT2D eigenvalue weighted by Crippen LogP contribution is -1.94. The minimum absolute atomic E-state index is 0.0713. The van der Waals surface area contributed by atoms with Gasteiger partial charge in [0.15, 0.2) is 17.9 Å². The van der Waals surface area contributed by atoms with Crippen molar-refractivity contribution in [3.05, 3.63) is 58.6 Å². The van der Waals surface area contributed by atoms with Gasteiger partial charge >= 0.3 is 0 Å². The van der Waals surface area contributed by atoms with Gasteiger partial charge in [-0.2, -0.15) is 4.39 Å². The van der Waals surface area contributed by atoms with E-state index in [0.717, 1.165) is 6.07 Å². The van der Waals surface area contributed by atoms with Crippen molar-refractivity contribution in [1.82, 2.24) is 0 Å². The fourth-order valence-electron chi connectivity index (χ4n) is 1.38. The van der Waals surface area contributed by atoms with Gasteiger partial charge in [-0.25, -0.2) is 4.39 Å². The molecule has 0 unspecified atom stereocenters. The molecule has 0 bridgehead atoms. The van der Waals surface area contributed by atoms with Crippen molar-refractivity contribution in [2.45, 2.75) is 0 Å². The van der Waals surface area contributed by atoms with E-state index < -0.39 is 11.6 Å². The number of aldehydes is 1. The topological polar surface area (TPSA) is 26.3 Å². The molecule has 0 aliphatic rings. The summed E-state index contributed by atoms with van der Waals surface area (Å²) in [6.45, 7) is 0. The van der Waals surface area contributed by atoms with Crippen LogP contribution in [-0.4, -0.2) is 6.29 Å². The third-order valence-electron chi connectivity index (χ3n) is 2.24. The molecule has 0 fully saturated rings. The van der Waals surface area contributed by atoms with Crippen LogP contribution in [0.15, 0.2) is 36.4 Å². The molecule has 18 heavy (non-hydrogen) atoms. The highest BCUT2D eigenvalue weighted by Crippen LogP contribution is 2.29. The summed E-state index contributed by atoms with van der Waals surface area (Å²) in [4.78, 5) is 10.8. The maximum absolute atomic E-state index is 13.4. The minimum Gasteiger partial charge on any atom is -0.453 e. The van der Waals surface area contributed by atoms with Gasteiger partial charge in [0.05, 0.1) is 5.56 Å². The van der Waals surface area contributed by atoms with E-state index in [4.69, 9.17) is 16.3 Å². The van der Waals surface area contributed by atoms with Crippen LogP contribution in [0, 0.1) is 11.6 Å². The number of hydrogen-bond acceptors (Lipinski definition) is 2. The molecule has 5 heteroatoms. The lowest BCUT2D eigenvalue weighted by Gasteiger charge is -2.09. The van der Waals surface area contributed by atoms with Gasteiger partial charge < -0.3 is 4.74 Å². The number of benzene rings is 2. The van der Waals surface area contributed by atoms with Gasteiger partial charge in [0.2, 0.25) is 5.82 Å². The number of halogens is 3. The van der Waals surface area contributed by atoms with Crippen LogP contribution in [0.4, 0.5) is 8.78 Å². The van der Waals surface area contributed by atoms with Gasteiger partial charge in [-0.3, -0.25) is 4.79 Å². The average molecular weight is 269 g/mol. The molecule has 0 saturated heterocycles. The van der Waals surface area contributed by atoms with Crippen molar-refractivity contribution in [3.63, 3.8) is 0 Å². The Morgan fingerprint density at radius 3 is 2.61 bits per heavy atom. The average Bonchev–Trinajstić information content (AvgIpc) is 2.35. The summed E-state index contributed by atoms with van der Waals surface area (Å²) in [7, 11) is 0. The molecule has 2 nitrogen and oxygen atoms in total. The Bertz CT molecular complexity index is 600. The second-order valence-corrected chi connectivity index (χ2v) is 3.89. The number of carbonyl (C=O) groups excluding carboxylic acids is 1. The van der Waals surface area contributed by atoms with Crippen LogP contribution in [0.3, 0.4) is 0 Å². The minimum atomic E-state index is -1.12. The van der Waals surface area contributed by atoms with E-state index >= 15 is 0 Å². The number of rotatable bonds is 3. The van der Waals surface area contributed by atoms with Crippen molar-refractivity contribution < 1.29 is 18.3 Å². The Morgan fingerprint density at radius 1 is 1.11 bits per heavy atom. The molecule has 2 aromatic rings. The first kappa shape index (κ1) is 12.5. The summed E-state index contributed by atoms with van der Waals surface area (Å²) in [5, 5.41) is 0.326. The van der Waals surface area contributed by atoms with Gasteiger partial charge in [-0.15, -0.1) is 0 Å². The molecule has 0 spiro atoms. The molecule has 0 N–H and O–H groups in total. The quantitative estimate of drug-likeness (QED) is 0.779. The highest BCUT2D eigenvalue weighted by Gasteiger charge is 2.12. The highest BCUT2D eigenvalue weighted by atomic mass is 35.5. The maximum Gasteiger partial charge on any atom is 0.201 e. The van der Waals surface area contributed by atoms with Crippen molar-refractivity contribution in [3.8, 4) is 11.5 Å². The van der Waals surface area contributed by atoms with Crippen LogP contribution in [0.5, 0.6) is 11.5 Å². The van der Waals surface area contributed by atoms with Crippen LogP contribution in [-0.2, 0) is 0 Å². The smallest absolute Gasteiger partial charge is 0.201 e. The Labute approximate surface area is 107 Å². The van der Waals surface area contributed by atoms with E-state index in [0.29, 0.717) is 11.3 Å². The normalized spacial score (nSPS) is 10.2. The molecule has 0 saturated carbocycles. The van der Waals surface area contributed by atoms with Crippen molar-refractivity contribution in [1.29, 1.82) is 0 Å². The van der Waals surface area contributed by atoms with Crippen LogP contribution < -0.4 is 4.74 Å². The summed E-state index contributed by atoms with van der Waals surface area (Å²) in [6.07, 6.45) is 0.545. The fourth-order valence-corrected chi connectivity index (χ4v) is 1.54. The number of ether oxygens (including phenoxy) is 1. The molecule has 0 aromatic heterocycles. The second kappa shape index (κ2) is 5.14. The number of hydrogen-bond donors (Lipinski definition) is 0. The first-order valence-corrected chi connectivity index (χ1v) is 5.36. The molecule has 0 radical (unpaired) electrons. The third kappa shape index (κ3) is 2.49. The van der Waals surface area contributed by atoms with E-state index in [9.17, 15) is 13.6 Å².